The number of nitrogens with zero attached hydrogens (tertiary/aromatic N) is 1. The van der Waals surface area contributed by atoms with Gasteiger partial charge in [-0.05, 0) is 18.3 Å². The molecule has 2 aliphatic heterocycles. The first-order valence-corrected chi connectivity index (χ1v) is 9.50. The molecule has 2 atom stereocenters. The molecule has 11 heteroatoms. The first kappa shape index (κ1) is 21.0. The molecule has 2 unspecified atom stereocenters. The van der Waals surface area contributed by atoms with Gasteiger partial charge in [-0.25, -0.2) is 9.24 Å². The van der Waals surface area contributed by atoms with Crippen LogP contribution in [0.2, 0.25) is 0 Å². The zero-order valence-corrected chi connectivity index (χ0v) is 15.1. The van der Waals surface area contributed by atoms with Gasteiger partial charge in [0.25, 0.3) is 5.60 Å². The van der Waals surface area contributed by atoms with E-state index < -0.39 is 43.6 Å². The molecule has 148 valence electrons. The van der Waals surface area contributed by atoms with Crippen molar-refractivity contribution >= 4 is 7.75 Å². The van der Waals surface area contributed by atoms with E-state index in [4.69, 9.17) is 4.52 Å². The molecule has 0 amide bonds. The highest BCUT2D eigenvalue weighted by Gasteiger charge is 2.77. The van der Waals surface area contributed by atoms with Crippen LogP contribution in [-0.4, -0.2) is 41.8 Å². The van der Waals surface area contributed by atoms with Gasteiger partial charge in [0.2, 0.25) is 0 Å². The average molecular weight is 397 g/mol. The Balaban J connectivity index is 2.54. The van der Waals surface area contributed by atoms with Gasteiger partial charge in [-0.15, -0.1) is 0 Å². The fourth-order valence-corrected chi connectivity index (χ4v) is 5.37. The zero-order valence-electron chi connectivity index (χ0n) is 14.2. The van der Waals surface area contributed by atoms with Gasteiger partial charge >= 0.3 is 20.1 Å². The van der Waals surface area contributed by atoms with Crippen molar-refractivity contribution < 1.29 is 40.0 Å². The van der Waals surface area contributed by atoms with Gasteiger partial charge in [0.1, 0.15) is 0 Å². The van der Waals surface area contributed by atoms with Crippen molar-refractivity contribution in [2.45, 2.75) is 70.5 Å². The SMILES string of the molecule is CC(C)(C)C1CC(C(F)(F)F)(C(F)(F)F)OP(=O)(N2CCCCC2)O1. The predicted octanol–water partition coefficient (Wildman–Crippen LogP) is 5.30. The maximum absolute atomic E-state index is 13.5. The van der Waals surface area contributed by atoms with Crippen LogP contribution in [0, 0.1) is 5.41 Å². The van der Waals surface area contributed by atoms with Crippen molar-refractivity contribution in [3.05, 3.63) is 0 Å². The molecular formula is C14H22F6NO3P. The number of rotatable bonds is 1. The lowest BCUT2D eigenvalue weighted by atomic mass is 9.81. The summed E-state index contributed by atoms with van der Waals surface area (Å²) in [6.45, 7) is 4.48. The van der Waals surface area contributed by atoms with E-state index in [1.807, 2.05) is 0 Å². The van der Waals surface area contributed by atoms with Crippen LogP contribution in [0.1, 0.15) is 46.5 Å². The van der Waals surface area contributed by atoms with Crippen LogP contribution in [0.4, 0.5) is 26.3 Å². The molecule has 25 heavy (non-hydrogen) atoms. The molecule has 0 saturated carbocycles. The summed E-state index contributed by atoms with van der Waals surface area (Å²) < 4.78 is 105. The molecule has 2 fully saturated rings. The minimum absolute atomic E-state index is 0.0694. The van der Waals surface area contributed by atoms with Gasteiger partial charge in [0, 0.05) is 19.5 Å². The van der Waals surface area contributed by atoms with Crippen LogP contribution in [0.3, 0.4) is 0 Å². The fraction of sp³-hybridized carbons (Fsp3) is 1.00. The normalized spacial score (nSPS) is 32.6. The second-order valence-electron chi connectivity index (χ2n) is 7.56. The van der Waals surface area contributed by atoms with Crippen LogP contribution in [0.5, 0.6) is 0 Å². The third-order valence-corrected chi connectivity index (χ3v) is 6.72. The van der Waals surface area contributed by atoms with Crippen LogP contribution in [-0.2, 0) is 13.6 Å². The van der Waals surface area contributed by atoms with Crippen LogP contribution >= 0.6 is 7.75 Å². The Kier molecular flexibility index (Phi) is 5.37. The molecule has 0 bridgehead atoms. The van der Waals surface area contributed by atoms with Crippen molar-refractivity contribution in [1.82, 2.24) is 4.67 Å². The van der Waals surface area contributed by atoms with Crippen molar-refractivity contribution in [2.24, 2.45) is 5.41 Å². The second-order valence-corrected chi connectivity index (χ2v) is 9.46. The Morgan fingerprint density at radius 1 is 0.960 bits per heavy atom. The highest BCUT2D eigenvalue weighted by atomic mass is 31.2. The molecule has 0 aromatic rings. The molecule has 0 aromatic carbocycles. The molecule has 2 rings (SSSR count). The largest absolute Gasteiger partial charge is 0.427 e. The van der Waals surface area contributed by atoms with Crippen molar-refractivity contribution in [3.63, 3.8) is 0 Å². The fourth-order valence-electron chi connectivity index (χ4n) is 2.92. The van der Waals surface area contributed by atoms with E-state index in [-0.39, 0.29) is 13.1 Å². The summed E-state index contributed by atoms with van der Waals surface area (Å²) in [6.07, 6.45) is -12.8. The minimum atomic E-state index is -5.77. The van der Waals surface area contributed by atoms with Crippen LogP contribution < -0.4 is 0 Å². The summed E-state index contributed by atoms with van der Waals surface area (Å²) in [5.74, 6) is 0. The second kappa shape index (κ2) is 6.39. The number of hydrogen-bond acceptors (Lipinski definition) is 3. The topological polar surface area (TPSA) is 38.8 Å². The lowest BCUT2D eigenvalue weighted by Gasteiger charge is -2.50. The first-order valence-electron chi connectivity index (χ1n) is 8.00. The molecule has 0 aromatic heterocycles. The average Bonchev–Trinajstić information content (AvgIpc) is 2.44. The van der Waals surface area contributed by atoms with E-state index in [1.165, 1.54) is 20.8 Å². The number of piperidine rings is 1. The molecule has 2 aliphatic rings. The molecule has 0 spiro atoms. The third kappa shape index (κ3) is 3.87. The Bertz CT molecular complexity index is 522. The Morgan fingerprint density at radius 3 is 1.84 bits per heavy atom. The monoisotopic (exact) mass is 397 g/mol. The molecule has 0 aliphatic carbocycles. The highest BCUT2D eigenvalue weighted by molar-refractivity contribution is 7.51. The summed E-state index contributed by atoms with van der Waals surface area (Å²) in [5, 5.41) is 0. The Morgan fingerprint density at radius 2 is 1.44 bits per heavy atom. The van der Waals surface area contributed by atoms with E-state index >= 15 is 0 Å². The molecule has 0 radical (unpaired) electrons. The van der Waals surface area contributed by atoms with Crippen molar-refractivity contribution in [2.75, 3.05) is 13.1 Å². The lowest BCUT2D eigenvalue weighted by Crippen LogP contribution is -2.63. The maximum atomic E-state index is 13.5. The summed E-state index contributed by atoms with van der Waals surface area (Å²) >= 11 is 0. The predicted molar refractivity (Wildman–Crippen MR) is 77.9 cm³/mol. The summed E-state index contributed by atoms with van der Waals surface area (Å²) in [6, 6.07) is 0. The zero-order chi connectivity index (χ0) is 19.3. The van der Waals surface area contributed by atoms with E-state index in [1.54, 1.807) is 0 Å². The molecule has 0 N–H and O–H groups in total. The van der Waals surface area contributed by atoms with Gasteiger partial charge in [-0.1, -0.05) is 27.2 Å². The molecule has 2 heterocycles. The molecule has 2 saturated heterocycles. The van der Waals surface area contributed by atoms with E-state index in [9.17, 15) is 30.9 Å². The molecule has 4 nitrogen and oxygen atoms in total. The van der Waals surface area contributed by atoms with Crippen LogP contribution in [0.25, 0.3) is 0 Å². The maximum Gasteiger partial charge on any atom is 0.427 e. The van der Waals surface area contributed by atoms with Gasteiger partial charge < -0.3 is 0 Å². The summed E-state index contributed by atoms with van der Waals surface area (Å²) in [7, 11) is -4.76. The van der Waals surface area contributed by atoms with E-state index in [0.717, 1.165) is 11.1 Å². The summed E-state index contributed by atoms with van der Waals surface area (Å²) in [4.78, 5) is 0. The number of hydrogen-bond donors (Lipinski definition) is 0. The van der Waals surface area contributed by atoms with Crippen molar-refractivity contribution in [3.8, 4) is 0 Å². The molecular weight excluding hydrogens is 375 g/mol. The van der Waals surface area contributed by atoms with Gasteiger partial charge in [0.15, 0.2) is 0 Å². The summed E-state index contributed by atoms with van der Waals surface area (Å²) in [5.41, 5.74) is -5.60. The quantitative estimate of drug-likeness (QED) is 0.445. The van der Waals surface area contributed by atoms with Crippen LogP contribution in [0.15, 0.2) is 0 Å². The number of alkyl halides is 6. The standard InChI is InChI=1S/C14H22F6NO3P/c1-11(2,3)10-9-12(13(15,16)17,14(18,19)20)24-25(22,23-10)21-7-5-4-6-8-21/h10H,4-9H2,1-3H3. The van der Waals surface area contributed by atoms with Gasteiger partial charge in [0.05, 0.1) is 6.10 Å². The Labute approximate surface area is 142 Å². The van der Waals surface area contributed by atoms with Gasteiger partial charge in [-0.2, -0.15) is 26.3 Å². The minimum Gasteiger partial charge on any atom is -0.293 e. The first-order chi connectivity index (χ1) is 11.1. The van der Waals surface area contributed by atoms with Gasteiger partial charge in [-0.3, -0.25) is 9.05 Å². The lowest BCUT2D eigenvalue weighted by molar-refractivity contribution is -0.375. The van der Waals surface area contributed by atoms with E-state index in [0.29, 0.717) is 12.8 Å². The van der Waals surface area contributed by atoms with Crippen molar-refractivity contribution in [1.29, 1.82) is 0 Å². The highest BCUT2D eigenvalue weighted by Crippen LogP contribution is 2.68. The van der Waals surface area contributed by atoms with E-state index in [2.05, 4.69) is 4.52 Å². The smallest absolute Gasteiger partial charge is 0.293 e. The third-order valence-electron chi connectivity index (χ3n) is 4.57. The number of halogens is 6. The Hall–Kier alpha value is -0.310.